The van der Waals surface area contributed by atoms with Crippen molar-refractivity contribution < 1.29 is 23.8 Å². The normalized spacial score (nSPS) is 19.0. The van der Waals surface area contributed by atoms with Crippen LogP contribution in [0.15, 0.2) is 54.7 Å². The predicted molar refractivity (Wildman–Crippen MR) is 166 cm³/mol. The fourth-order valence-electron chi connectivity index (χ4n) is 5.58. The van der Waals surface area contributed by atoms with Crippen LogP contribution >= 0.6 is 0 Å². The molecular formula is C34H44N4O5. The van der Waals surface area contributed by atoms with E-state index in [0.29, 0.717) is 19.7 Å². The second-order valence-electron chi connectivity index (χ2n) is 13.4. The van der Waals surface area contributed by atoms with Crippen LogP contribution in [-0.4, -0.2) is 68.9 Å². The van der Waals surface area contributed by atoms with E-state index in [1.807, 2.05) is 72.0 Å². The maximum absolute atomic E-state index is 12.7. The number of aromatic nitrogens is 2. The van der Waals surface area contributed by atoms with Crippen LogP contribution in [0.4, 0.5) is 9.59 Å². The Hall–Kier alpha value is -4.01. The molecule has 0 bridgehead atoms. The third kappa shape index (κ3) is 7.69. The number of hydrogen-bond acceptors (Lipinski definition) is 6. The summed E-state index contributed by atoms with van der Waals surface area (Å²) >= 11 is 0. The third-order valence-electron chi connectivity index (χ3n) is 7.61. The first-order valence-electron chi connectivity index (χ1n) is 15.2. The molecule has 1 aromatic heterocycles. The van der Waals surface area contributed by atoms with Gasteiger partial charge in [-0.25, -0.2) is 14.6 Å². The highest BCUT2D eigenvalue weighted by molar-refractivity contribution is 5.71. The molecule has 2 aliphatic rings. The number of carbonyl (C=O) groups excluding carboxylic acids is 2. The van der Waals surface area contributed by atoms with Crippen LogP contribution in [0, 0.1) is 0 Å². The minimum Gasteiger partial charge on any atom is -0.491 e. The lowest BCUT2D eigenvalue weighted by atomic mass is 10.0. The van der Waals surface area contributed by atoms with Crippen LogP contribution in [-0.2, 0) is 9.47 Å². The number of H-pyrrole nitrogens is 1. The number of amides is 2. The van der Waals surface area contributed by atoms with Crippen LogP contribution in [0.2, 0.25) is 0 Å². The van der Waals surface area contributed by atoms with E-state index < -0.39 is 11.2 Å². The molecule has 3 heterocycles. The first kappa shape index (κ1) is 30.4. The predicted octanol–water partition coefficient (Wildman–Crippen LogP) is 7.59. The largest absolute Gasteiger partial charge is 0.491 e. The SMILES string of the molecule is CC(C)(C)OC(=O)N1CCC[C@H]1COc1ccc(-c2ccc(-c3c[nH]c([C@@H]4CCCN4C(=O)OC(C)(C)C)n3)cc2)cc1. The zero-order chi connectivity index (χ0) is 30.8. The molecule has 3 aromatic rings. The molecule has 2 atom stereocenters. The molecule has 2 amide bonds. The number of nitrogens with zero attached hydrogens (tertiary/aromatic N) is 3. The summed E-state index contributed by atoms with van der Waals surface area (Å²) in [7, 11) is 0. The molecule has 43 heavy (non-hydrogen) atoms. The Labute approximate surface area is 254 Å². The zero-order valence-electron chi connectivity index (χ0n) is 26.2. The summed E-state index contributed by atoms with van der Waals surface area (Å²) in [4.78, 5) is 37.0. The van der Waals surface area contributed by atoms with Gasteiger partial charge in [-0.15, -0.1) is 0 Å². The standard InChI is InChI=1S/C34H44N4O5/c1-33(2,3)42-31(39)37-19-7-9-26(37)22-41-27-17-15-24(16-18-27)23-11-13-25(14-12-23)28-21-35-30(36-28)29-10-8-20-38(29)32(40)43-34(4,5)6/h11-18,21,26,29H,7-10,19-20,22H2,1-6H3,(H,35,36)/t26-,29-/m0/s1. The second kappa shape index (κ2) is 12.3. The van der Waals surface area contributed by atoms with Gasteiger partial charge in [0.2, 0.25) is 0 Å². The van der Waals surface area contributed by atoms with E-state index in [1.54, 1.807) is 9.80 Å². The molecule has 2 saturated heterocycles. The topological polar surface area (TPSA) is 97.0 Å². The lowest BCUT2D eigenvalue weighted by Crippen LogP contribution is -2.42. The van der Waals surface area contributed by atoms with Crippen LogP contribution in [0.5, 0.6) is 5.75 Å². The van der Waals surface area contributed by atoms with Gasteiger partial charge in [-0.2, -0.15) is 0 Å². The van der Waals surface area contributed by atoms with Crippen LogP contribution in [0.3, 0.4) is 0 Å². The highest BCUT2D eigenvalue weighted by Gasteiger charge is 2.35. The molecule has 0 aliphatic carbocycles. The molecule has 230 valence electrons. The molecule has 0 radical (unpaired) electrons. The summed E-state index contributed by atoms with van der Waals surface area (Å²) in [6, 6.07) is 16.2. The number of ether oxygens (including phenoxy) is 3. The second-order valence-corrected chi connectivity index (χ2v) is 13.4. The van der Waals surface area contributed by atoms with Crippen LogP contribution < -0.4 is 4.74 Å². The molecule has 0 spiro atoms. The highest BCUT2D eigenvalue weighted by Crippen LogP contribution is 2.33. The van der Waals surface area contributed by atoms with Gasteiger partial charge in [0.05, 0.1) is 17.8 Å². The fourth-order valence-corrected chi connectivity index (χ4v) is 5.58. The van der Waals surface area contributed by atoms with Gasteiger partial charge in [0.25, 0.3) is 0 Å². The van der Waals surface area contributed by atoms with Crippen molar-refractivity contribution in [3.8, 4) is 28.1 Å². The Morgan fingerprint density at radius 3 is 1.95 bits per heavy atom. The van der Waals surface area contributed by atoms with E-state index in [1.165, 1.54) is 0 Å². The van der Waals surface area contributed by atoms with E-state index in [9.17, 15) is 9.59 Å². The molecule has 2 aliphatic heterocycles. The Morgan fingerprint density at radius 2 is 1.33 bits per heavy atom. The van der Waals surface area contributed by atoms with Crippen molar-refractivity contribution in [2.75, 3.05) is 19.7 Å². The minimum absolute atomic E-state index is 0.0127. The van der Waals surface area contributed by atoms with Crippen molar-refractivity contribution in [2.45, 2.75) is 90.5 Å². The minimum atomic E-state index is -0.533. The fraction of sp³-hybridized carbons (Fsp3) is 0.500. The van der Waals surface area contributed by atoms with Crippen molar-refractivity contribution in [1.82, 2.24) is 19.8 Å². The van der Waals surface area contributed by atoms with Gasteiger partial charge in [-0.05, 0) is 90.5 Å². The number of imidazole rings is 1. The Morgan fingerprint density at radius 1 is 0.791 bits per heavy atom. The van der Waals surface area contributed by atoms with Crippen LogP contribution in [0.25, 0.3) is 22.4 Å². The van der Waals surface area contributed by atoms with Gasteiger partial charge >= 0.3 is 12.2 Å². The lowest BCUT2D eigenvalue weighted by Gasteiger charge is -2.28. The molecule has 5 rings (SSSR count). The molecular weight excluding hydrogens is 544 g/mol. The van der Waals surface area contributed by atoms with Gasteiger partial charge in [-0.3, -0.25) is 4.90 Å². The number of nitrogens with one attached hydrogen (secondary N) is 1. The molecule has 2 fully saturated rings. The van der Waals surface area contributed by atoms with E-state index in [0.717, 1.165) is 59.6 Å². The van der Waals surface area contributed by atoms with Gasteiger partial charge in [-0.1, -0.05) is 36.4 Å². The smallest absolute Gasteiger partial charge is 0.410 e. The number of benzene rings is 2. The summed E-state index contributed by atoms with van der Waals surface area (Å²) in [5, 5.41) is 0. The van der Waals surface area contributed by atoms with E-state index in [4.69, 9.17) is 19.2 Å². The maximum atomic E-state index is 12.7. The molecule has 0 saturated carbocycles. The van der Waals surface area contributed by atoms with Crippen molar-refractivity contribution >= 4 is 12.2 Å². The highest BCUT2D eigenvalue weighted by atomic mass is 16.6. The van der Waals surface area contributed by atoms with Crippen molar-refractivity contribution in [3.63, 3.8) is 0 Å². The monoisotopic (exact) mass is 588 g/mol. The first-order valence-corrected chi connectivity index (χ1v) is 15.2. The Balaban J connectivity index is 1.18. The quantitative estimate of drug-likeness (QED) is 0.319. The first-order chi connectivity index (χ1) is 20.4. The van der Waals surface area contributed by atoms with Crippen LogP contribution in [0.1, 0.15) is 79.1 Å². The van der Waals surface area contributed by atoms with E-state index in [-0.39, 0.29) is 24.3 Å². The number of likely N-dealkylation sites (tertiary alicyclic amines) is 2. The number of hydrogen-bond donors (Lipinski definition) is 1. The maximum Gasteiger partial charge on any atom is 0.410 e. The summed E-state index contributed by atoms with van der Waals surface area (Å²) < 4.78 is 17.2. The molecule has 2 aromatic carbocycles. The summed E-state index contributed by atoms with van der Waals surface area (Å²) in [5.41, 5.74) is 2.96. The summed E-state index contributed by atoms with van der Waals surface area (Å²) in [6.07, 6.45) is 4.96. The van der Waals surface area contributed by atoms with E-state index >= 15 is 0 Å². The van der Waals surface area contributed by atoms with E-state index in [2.05, 4.69) is 29.2 Å². The average molecular weight is 589 g/mol. The number of rotatable bonds is 6. The Bertz CT molecular complexity index is 1400. The number of carbonyl (C=O) groups is 2. The summed E-state index contributed by atoms with van der Waals surface area (Å²) in [6.45, 7) is 13.1. The molecule has 0 unspecified atom stereocenters. The lowest BCUT2D eigenvalue weighted by molar-refractivity contribution is 0.0184. The third-order valence-corrected chi connectivity index (χ3v) is 7.61. The molecule has 9 nitrogen and oxygen atoms in total. The van der Waals surface area contributed by atoms with Gasteiger partial charge < -0.3 is 24.1 Å². The Kier molecular flexibility index (Phi) is 8.71. The number of aromatic amines is 1. The van der Waals surface area contributed by atoms with Gasteiger partial charge in [0.15, 0.2) is 0 Å². The summed E-state index contributed by atoms with van der Waals surface area (Å²) in [5.74, 6) is 1.55. The molecule has 1 N–H and O–H groups in total. The van der Waals surface area contributed by atoms with Crippen molar-refractivity contribution in [3.05, 3.63) is 60.6 Å². The van der Waals surface area contributed by atoms with Gasteiger partial charge in [0.1, 0.15) is 29.4 Å². The zero-order valence-corrected chi connectivity index (χ0v) is 26.2. The van der Waals surface area contributed by atoms with Crippen molar-refractivity contribution in [1.29, 1.82) is 0 Å². The molecule has 9 heteroatoms. The average Bonchev–Trinajstić information content (AvgIpc) is 3.71. The van der Waals surface area contributed by atoms with Gasteiger partial charge in [0, 0.05) is 24.8 Å². The van der Waals surface area contributed by atoms with Crippen molar-refractivity contribution in [2.24, 2.45) is 0 Å².